The zero-order valence-corrected chi connectivity index (χ0v) is 24.3. The van der Waals surface area contributed by atoms with Crippen molar-refractivity contribution in [1.82, 2.24) is 14.6 Å². The van der Waals surface area contributed by atoms with Crippen LogP contribution in [0.2, 0.25) is 0 Å². The van der Waals surface area contributed by atoms with Gasteiger partial charge in [-0.1, -0.05) is 48.5 Å². The number of nitrogens with zero attached hydrogens (tertiary/aromatic N) is 1. The molecule has 0 bridgehead atoms. The average Bonchev–Trinajstić information content (AvgIpc) is 3.35. The Morgan fingerprint density at radius 3 is 2.60 bits per heavy atom. The van der Waals surface area contributed by atoms with Gasteiger partial charge in [0.25, 0.3) is 5.56 Å². The van der Waals surface area contributed by atoms with Gasteiger partial charge in [0.05, 0.1) is 18.9 Å². The Morgan fingerprint density at radius 2 is 1.90 bits per heavy atom. The number of aromatic amines is 1. The predicted octanol–water partition coefficient (Wildman–Crippen LogP) is 2.98. The molecule has 4 rings (SSSR count). The maximum absolute atomic E-state index is 14.0. The summed E-state index contributed by atoms with van der Waals surface area (Å²) in [4.78, 5) is 38.4. The molecule has 1 aromatic heterocycles. The fraction of sp³-hybridized carbons (Fsp3) is 0.370. The SMILES string of the molecule is CSCC[C@H](NP(=O)(OC[C@H]1O[C@@H](n2cc(F)c(=O)[nH]c2=O)C[C@H]1O)Oc1ccccc1)C(=O)OCc1ccccc1. The second-order valence-corrected chi connectivity index (χ2v) is 12.0. The van der Waals surface area contributed by atoms with Crippen LogP contribution in [0, 0.1) is 5.82 Å². The summed E-state index contributed by atoms with van der Waals surface area (Å²) in [6, 6.07) is 16.2. The first-order valence-electron chi connectivity index (χ1n) is 13.0. The Kier molecular flexibility index (Phi) is 11.1. The van der Waals surface area contributed by atoms with Crippen LogP contribution in [0.15, 0.2) is 76.4 Å². The second kappa shape index (κ2) is 14.8. The number of aliphatic hydroxyl groups is 1. The molecule has 1 unspecified atom stereocenters. The quantitative estimate of drug-likeness (QED) is 0.179. The second-order valence-electron chi connectivity index (χ2n) is 9.33. The Hall–Kier alpha value is -3.26. The number of ether oxygens (including phenoxy) is 2. The molecule has 3 aromatic rings. The van der Waals surface area contributed by atoms with Gasteiger partial charge in [-0.15, -0.1) is 0 Å². The lowest BCUT2D eigenvalue weighted by atomic mass is 10.2. The van der Waals surface area contributed by atoms with Gasteiger partial charge in [0.1, 0.15) is 30.7 Å². The van der Waals surface area contributed by atoms with E-state index in [1.165, 1.54) is 11.8 Å². The first-order valence-corrected chi connectivity index (χ1v) is 15.9. The van der Waals surface area contributed by atoms with E-state index in [0.29, 0.717) is 11.9 Å². The highest BCUT2D eigenvalue weighted by atomic mass is 32.2. The molecule has 0 aliphatic carbocycles. The molecule has 15 heteroatoms. The molecule has 2 aromatic carbocycles. The summed E-state index contributed by atoms with van der Waals surface area (Å²) in [5.41, 5.74) is -1.33. The summed E-state index contributed by atoms with van der Waals surface area (Å²) in [5.74, 6) is -1.14. The number of H-pyrrole nitrogens is 1. The summed E-state index contributed by atoms with van der Waals surface area (Å²) in [5, 5.41) is 13.3. The van der Waals surface area contributed by atoms with E-state index in [1.54, 1.807) is 42.5 Å². The molecule has 226 valence electrons. The van der Waals surface area contributed by atoms with Crippen molar-refractivity contribution < 1.29 is 37.4 Å². The Labute approximate surface area is 244 Å². The molecular weight excluding hydrogens is 592 g/mol. The first kappa shape index (κ1) is 31.7. The van der Waals surface area contributed by atoms with E-state index >= 15 is 0 Å². The summed E-state index contributed by atoms with van der Waals surface area (Å²) < 4.78 is 51.2. The van der Waals surface area contributed by atoms with Gasteiger partial charge in [0.2, 0.25) is 5.82 Å². The number of esters is 1. The van der Waals surface area contributed by atoms with Crippen molar-refractivity contribution in [1.29, 1.82) is 0 Å². The molecule has 0 saturated carbocycles. The molecule has 5 atom stereocenters. The van der Waals surface area contributed by atoms with Crippen LogP contribution in [0.1, 0.15) is 24.6 Å². The number of nitrogens with one attached hydrogen (secondary N) is 2. The highest BCUT2D eigenvalue weighted by molar-refractivity contribution is 7.98. The Balaban J connectivity index is 1.49. The van der Waals surface area contributed by atoms with Gasteiger partial charge >= 0.3 is 19.4 Å². The molecule has 0 amide bonds. The molecule has 1 aliphatic heterocycles. The maximum atomic E-state index is 14.0. The fourth-order valence-electron chi connectivity index (χ4n) is 4.08. The highest BCUT2D eigenvalue weighted by Gasteiger charge is 2.40. The molecule has 1 fully saturated rings. The Bertz CT molecular complexity index is 1490. The number of carbonyl (C=O) groups is 1. The van der Waals surface area contributed by atoms with Gasteiger partial charge in [0.15, 0.2) is 0 Å². The normalized spacial score (nSPS) is 20.5. The molecule has 1 saturated heterocycles. The molecule has 3 N–H and O–H groups in total. The zero-order valence-electron chi connectivity index (χ0n) is 22.6. The Morgan fingerprint density at radius 1 is 1.21 bits per heavy atom. The number of thioether (sulfide) groups is 1. The summed E-state index contributed by atoms with van der Waals surface area (Å²) in [6.07, 6.45) is -0.796. The molecule has 42 heavy (non-hydrogen) atoms. The van der Waals surface area contributed by atoms with Crippen molar-refractivity contribution in [2.24, 2.45) is 0 Å². The van der Waals surface area contributed by atoms with Crippen molar-refractivity contribution in [3.63, 3.8) is 0 Å². The molecule has 1 aliphatic rings. The number of rotatable bonds is 14. The number of hydrogen-bond donors (Lipinski definition) is 3. The van der Waals surface area contributed by atoms with Crippen LogP contribution in [0.3, 0.4) is 0 Å². The van der Waals surface area contributed by atoms with E-state index in [2.05, 4.69) is 5.09 Å². The molecule has 12 nitrogen and oxygen atoms in total. The minimum absolute atomic E-state index is 0.00995. The third-order valence-corrected chi connectivity index (χ3v) is 8.46. The van der Waals surface area contributed by atoms with Crippen LogP contribution in [-0.4, -0.2) is 57.5 Å². The van der Waals surface area contributed by atoms with Gasteiger partial charge < -0.3 is 19.1 Å². The summed E-state index contributed by atoms with van der Waals surface area (Å²) >= 11 is 1.48. The van der Waals surface area contributed by atoms with Gasteiger partial charge in [0, 0.05) is 6.42 Å². The number of benzene rings is 2. The third kappa shape index (κ3) is 8.63. The lowest BCUT2D eigenvalue weighted by molar-refractivity contribution is -0.147. The summed E-state index contributed by atoms with van der Waals surface area (Å²) in [6.45, 7) is -0.473. The lowest BCUT2D eigenvalue weighted by Crippen LogP contribution is -2.39. The summed E-state index contributed by atoms with van der Waals surface area (Å²) in [7, 11) is -4.31. The van der Waals surface area contributed by atoms with Crippen LogP contribution in [0.25, 0.3) is 0 Å². The van der Waals surface area contributed by atoms with Crippen LogP contribution in [0.5, 0.6) is 5.75 Å². The monoisotopic (exact) mass is 623 g/mol. The van der Waals surface area contributed by atoms with Gasteiger partial charge in [-0.25, -0.2) is 9.36 Å². The number of carbonyl (C=O) groups excluding carboxylic acids is 1. The van der Waals surface area contributed by atoms with Crippen molar-refractivity contribution in [3.05, 3.63) is 99.1 Å². The van der Waals surface area contributed by atoms with E-state index in [-0.39, 0.29) is 25.2 Å². The molecule has 2 heterocycles. The third-order valence-electron chi connectivity index (χ3n) is 6.25. The zero-order chi connectivity index (χ0) is 30.1. The number of halogens is 1. The molecule has 0 spiro atoms. The van der Waals surface area contributed by atoms with Crippen LogP contribution >= 0.6 is 19.5 Å². The number of aromatic nitrogens is 2. The molecular formula is C27H31FN3O9PS. The average molecular weight is 624 g/mol. The lowest BCUT2D eigenvalue weighted by Gasteiger charge is -2.26. The van der Waals surface area contributed by atoms with E-state index in [0.717, 1.165) is 10.1 Å². The van der Waals surface area contributed by atoms with Crippen LogP contribution < -0.4 is 20.9 Å². The van der Waals surface area contributed by atoms with Crippen molar-refractivity contribution in [2.45, 2.75) is 43.9 Å². The van der Waals surface area contributed by atoms with E-state index in [4.69, 9.17) is 18.5 Å². The van der Waals surface area contributed by atoms with Crippen LogP contribution in [-0.2, 0) is 30.0 Å². The fourth-order valence-corrected chi connectivity index (χ4v) is 6.09. The van der Waals surface area contributed by atoms with E-state index < -0.39 is 61.9 Å². The predicted molar refractivity (Wildman–Crippen MR) is 153 cm³/mol. The number of aliphatic hydroxyl groups excluding tert-OH is 1. The maximum Gasteiger partial charge on any atom is 0.459 e. The number of para-hydroxylation sites is 1. The minimum Gasteiger partial charge on any atom is -0.460 e. The standard InChI is InChI=1S/C27H31FN3O9PS/c1-42-13-12-21(26(34)37-16-18-8-4-2-5-9-18)30-41(36,40-19-10-6-3-7-11-19)38-17-23-22(32)14-24(39-23)31-15-20(28)25(33)29-27(31)35/h2-11,15,21-24,32H,12-14,16-17H2,1H3,(H,30,36)(H,29,33,35)/t21-,22+,23+,24+,41?/m0/s1. The number of hydrogen-bond acceptors (Lipinski definition) is 10. The van der Waals surface area contributed by atoms with Crippen molar-refractivity contribution in [2.75, 3.05) is 18.6 Å². The van der Waals surface area contributed by atoms with Gasteiger partial charge in [-0.3, -0.25) is 23.7 Å². The van der Waals surface area contributed by atoms with Crippen molar-refractivity contribution in [3.8, 4) is 5.75 Å². The van der Waals surface area contributed by atoms with Crippen LogP contribution in [0.4, 0.5) is 4.39 Å². The topological polar surface area (TPSA) is 158 Å². The molecule has 0 radical (unpaired) electrons. The highest BCUT2D eigenvalue weighted by Crippen LogP contribution is 2.46. The van der Waals surface area contributed by atoms with E-state index in [9.17, 15) is 28.4 Å². The van der Waals surface area contributed by atoms with Gasteiger partial charge in [-0.05, 0) is 36.1 Å². The minimum atomic E-state index is -4.31. The smallest absolute Gasteiger partial charge is 0.459 e. The largest absolute Gasteiger partial charge is 0.460 e. The van der Waals surface area contributed by atoms with Crippen molar-refractivity contribution >= 4 is 25.5 Å². The van der Waals surface area contributed by atoms with Gasteiger partial charge in [-0.2, -0.15) is 21.2 Å². The van der Waals surface area contributed by atoms with E-state index in [1.807, 2.05) is 29.4 Å². The first-order chi connectivity index (χ1) is 20.2.